The molecule has 0 unspecified atom stereocenters. The van der Waals surface area contributed by atoms with Crippen LogP contribution in [0.4, 0.5) is 11.6 Å². The van der Waals surface area contributed by atoms with Crippen LogP contribution in [0.15, 0.2) is 17.6 Å². The van der Waals surface area contributed by atoms with E-state index >= 15 is 0 Å². The third-order valence-corrected chi connectivity index (χ3v) is 7.06. The first kappa shape index (κ1) is 22.0. The topological polar surface area (TPSA) is 79.2 Å². The molecule has 0 aliphatic carbocycles. The van der Waals surface area contributed by atoms with Gasteiger partial charge in [-0.1, -0.05) is 27.7 Å². The van der Waals surface area contributed by atoms with Gasteiger partial charge in [0.2, 0.25) is 0 Å². The van der Waals surface area contributed by atoms with Crippen LogP contribution in [0.3, 0.4) is 0 Å². The van der Waals surface area contributed by atoms with Gasteiger partial charge in [-0.3, -0.25) is 0 Å². The first-order valence-corrected chi connectivity index (χ1v) is 12.4. The summed E-state index contributed by atoms with van der Waals surface area (Å²) in [5, 5.41) is 18.6. The minimum atomic E-state index is 0.0899. The van der Waals surface area contributed by atoms with Crippen LogP contribution in [0.5, 0.6) is 0 Å². The van der Waals surface area contributed by atoms with Gasteiger partial charge in [-0.05, 0) is 50.6 Å². The largest absolute Gasteiger partial charge is 0.370 e. The van der Waals surface area contributed by atoms with Crippen molar-refractivity contribution in [3.8, 4) is 0 Å². The third-order valence-electron chi connectivity index (χ3n) is 6.02. The summed E-state index contributed by atoms with van der Waals surface area (Å²) in [6.07, 6.45) is 4.37. The fourth-order valence-electron chi connectivity index (χ4n) is 3.96. The molecule has 3 aromatic heterocycles. The number of fused-ring (bicyclic) bond motifs is 1. The van der Waals surface area contributed by atoms with Crippen LogP contribution in [0.1, 0.15) is 81.6 Å². The van der Waals surface area contributed by atoms with Crippen molar-refractivity contribution in [2.75, 3.05) is 30.3 Å². The maximum absolute atomic E-state index is 4.93. The summed E-state index contributed by atoms with van der Waals surface area (Å²) in [5.41, 5.74) is 3.23. The number of hydrogen-bond acceptors (Lipinski definition) is 7. The first-order chi connectivity index (χ1) is 14.9. The molecule has 4 rings (SSSR count). The Balaban J connectivity index is 1.60. The van der Waals surface area contributed by atoms with E-state index in [1.54, 1.807) is 11.3 Å². The molecule has 0 spiro atoms. The zero-order valence-corrected chi connectivity index (χ0v) is 20.1. The third kappa shape index (κ3) is 5.01. The van der Waals surface area contributed by atoms with E-state index in [1.165, 1.54) is 12.8 Å². The summed E-state index contributed by atoms with van der Waals surface area (Å²) < 4.78 is 1.93. The molecule has 1 fully saturated rings. The van der Waals surface area contributed by atoms with Crippen molar-refractivity contribution in [3.05, 3.63) is 33.9 Å². The van der Waals surface area contributed by atoms with Gasteiger partial charge in [-0.2, -0.15) is 9.61 Å². The number of aromatic nitrogens is 4. The SMILES string of the molecule is CC(C)c1csc([C@H](C)Nc2cc(NCC3CCNCC3)nc3c(C(C)C)cnn23)n1. The number of nitrogens with zero attached hydrogens (tertiary/aromatic N) is 4. The molecule has 0 aromatic carbocycles. The Morgan fingerprint density at radius 3 is 2.58 bits per heavy atom. The van der Waals surface area contributed by atoms with E-state index in [9.17, 15) is 0 Å². The van der Waals surface area contributed by atoms with Gasteiger partial charge in [0.05, 0.1) is 17.9 Å². The van der Waals surface area contributed by atoms with Gasteiger partial charge in [-0.25, -0.2) is 9.97 Å². The maximum atomic E-state index is 4.93. The standard InChI is InChI=1S/C23H35N7S/c1-14(2)18-12-26-30-21(27-16(5)23-28-19(13-31-23)15(3)4)10-20(29-22(18)30)25-11-17-6-8-24-9-7-17/h10,12-17,24,27H,6-9,11H2,1-5H3,(H,25,29)/t16-/m0/s1. The summed E-state index contributed by atoms with van der Waals surface area (Å²) in [5.74, 6) is 3.34. The second kappa shape index (κ2) is 9.53. The van der Waals surface area contributed by atoms with Crippen molar-refractivity contribution >= 4 is 28.6 Å². The smallest absolute Gasteiger partial charge is 0.163 e. The predicted octanol–water partition coefficient (Wildman–Crippen LogP) is 5.02. The molecule has 0 amide bonds. The van der Waals surface area contributed by atoms with E-state index in [2.05, 4.69) is 67.1 Å². The highest BCUT2D eigenvalue weighted by molar-refractivity contribution is 7.09. The first-order valence-electron chi connectivity index (χ1n) is 11.5. The van der Waals surface area contributed by atoms with Gasteiger partial charge in [0, 0.05) is 23.6 Å². The van der Waals surface area contributed by atoms with Crippen molar-refractivity contribution in [3.63, 3.8) is 0 Å². The Hall–Kier alpha value is -2.19. The Morgan fingerprint density at radius 2 is 1.90 bits per heavy atom. The average molecular weight is 442 g/mol. The predicted molar refractivity (Wildman–Crippen MR) is 129 cm³/mol. The molecule has 1 saturated heterocycles. The maximum Gasteiger partial charge on any atom is 0.163 e. The lowest BCUT2D eigenvalue weighted by atomic mass is 9.98. The number of thiazole rings is 1. The van der Waals surface area contributed by atoms with Crippen LogP contribution in [0.25, 0.3) is 5.65 Å². The Bertz CT molecular complexity index is 1000. The van der Waals surface area contributed by atoms with Crippen LogP contribution >= 0.6 is 11.3 Å². The van der Waals surface area contributed by atoms with Gasteiger partial charge >= 0.3 is 0 Å². The summed E-state index contributed by atoms with van der Waals surface area (Å²) >= 11 is 1.71. The van der Waals surface area contributed by atoms with E-state index in [0.717, 1.165) is 53.2 Å². The average Bonchev–Trinajstić information content (AvgIpc) is 3.41. The summed E-state index contributed by atoms with van der Waals surface area (Å²) in [4.78, 5) is 9.76. The zero-order chi connectivity index (χ0) is 22.0. The van der Waals surface area contributed by atoms with E-state index in [4.69, 9.17) is 9.97 Å². The minimum Gasteiger partial charge on any atom is -0.370 e. The van der Waals surface area contributed by atoms with E-state index < -0.39 is 0 Å². The highest BCUT2D eigenvalue weighted by Gasteiger charge is 2.19. The highest BCUT2D eigenvalue weighted by atomic mass is 32.1. The second-order valence-electron chi connectivity index (χ2n) is 9.22. The number of nitrogens with one attached hydrogen (secondary N) is 3. The van der Waals surface area contributed by atoms with Crippen LogP contribution in [-0.4, -0.2) is 39.2 Å². The Kier molecular flexibility index (Phi) is 6.77. The van der Waals surface area contributed by atoms with E-state index in [0.29, 0.717) is 17.8 Å². The lowest BCUT2D eigenvalue weighted by Crippen LogP contribution is -2.31. The minimum absolute atomic E-state index is 0.0899. The Labute approximate surface area is 189 Å². The van der Waals surface area contributed by atoms with Crippen molar-refractivity contribution in [1.82, 2.24) is 24.9 Å². The normalized spacial score (nSPS) is 16.4. The molecule has 168 valence electrons. The lowest BCUT2D eigenvalue weighted by molar-refractivity contribution is 0.389. The van der Waals surface area contributed by atoms with Crippen molar-refractivity contribution in [2.24, 2.45) is 5.92 Å². The number of piperidine rings is 1. The van der Waals surface area contributed by atoms with Crippen molar-refractivity contribution in [1.29, 1.82) is 0 Å². The molecule has 8 heteroatoms. The van der Waals surface area contributed by atoms with Gasteiger partial charge in [0.25, 0.3) is 0 Å². The molecular formula is C23H35N7S. The van der Waals surface area contributed by atoms with Crippen LogP contribution in [-0.2, 0) is 0 Å². The number of rotatable bonds is 8. The molecule has 7 nitrogen and oxygen atoms in total. The molecule has 0 saturated carbocycles. The quantitative estimate of drug-likeness (QED) is 0.456. The van der Waals surface area contributed by atoms with Gasteiger partial charge in [-0.15, -0.1) is 11.3 Å². The zero-order valence-electron chi connectivity index (χ0n) is 19.3. The van der Waals surface area contributed by atoms with E-state index in [-0.39, 0.29) is 6.04 Å². The molecule has 1 aliphatic rings. The molecule has 0 radical (unpaired) electrons. The summed E-state index contributed by atoms with van der Waals surface area (Å²) in [7, 11) is 0. The lowest BCUT2D eigenvalue weighted by Gasteiger charge is -2.23. The van der Waals surface area contributed by atoms with Crippen LogP contribution < -0.4 is 16.0 Å². The highest BCUT2D eigenvalue weighted by Crippen LogP contribution is 2.29. The summed E-state index contributed by atoms with van der Waals surface area (Å²) in [6.45, 7) is 14.1. The van der Waals surface area contributed by atoms with Gasteiger partial charge in [0.15, 0.2) is 5.65 Å². The number of anilines is 2. The molecule has 3 aromatic rings. The molecule has 0 bridgehead atoms. The summed E-state index contributed by atoms with van der Waals surface area (Å²) in [6, 6.07) is 2.17. The van der Waals surface area contributed by atoms with Gasteiger partial charge in [0.1, 0.15) is 16.6 Å². The molecule has 1 atom stereocenters. The van der Waals surface area contributed by atoms with Crippen molar-refractivity contribution < 1.29 is 0 Å². The number of hydrogen-bond donors (Lipinski definition) is 3. The van der Waals surface area contributed by atoms with Crippen LogP contribution in [0, 0.1) is 5.92 Å². The fourth-order valence-corrected chi connectivity index (χ4v) is 4.95. The second-order valence-corrected chi connectivity index (χ2v) is 10.1. The molecule has 3 N–H and O–H groups in total. The molecular weight excluding hydrogens is 406 g/mol. The molecule has 31 heavy (non-hydrogen) atoms. The van der Waals surface area contributed by atoms with Gasteiger partial charge < -0.3 is 16.0 Å². The fraction of sp³-hybridized carbons (Fsp3) is 0.609. The Morgan fingerprint density at radius 1 is 1.13 bits per heavy atom. The van der Waals surface area contributed by atoms with Crippen molar-refractivity contribution in [2.45, 2.75) is 65.3 Å². The monoisotopic (exact) mass is 441 g/mol. The molecule has 1 aliphatic heterocycles. The molecule has 4 heterocycles. The van der Waals surface area contributed by atoms with Crippen LogP contribution in [0.2, 0.25) is 0 Å². The van der Waals surface area contributed by atoms with E-state index in [1.807, 2.05) is 10.7 Å².